The van der Waals surface area contributed by atoms with Crippen LogP contribution in [0.25, 0.3) is 0 Å². The van der Waals surface area contributed by atoms with E-state index < -0.39 is 5.91 Å². The van der Waals surface area contributed by atoms with E-state index in [9.17, 15) is 9.90 Å². The van der Waals surface area contributed by atoms with Crippen LogP contribution >= 0.6 is 0 Å². The molecule has 0 bridgehead atoms. The van der Waals surface area contributed by atoms with E-state index in [0.717, 1.165) is 5.56 Å². The molecule has 0 aliphatic carbocycles. The first kappa shape index (κ1) is 9.54. The van der Waals surface area contributed by atoms with Crippen molar-refractivity contribution in [2.24, 2.45) is 11.5 Å². The maximum atomic E-state index is 10.8. The van der Waals surface area contributed by atoms with Gasteiger partial charge >= 0.3 is 0 Å². The number of nitrogens with two attached hydrogens (primary N) is 2. The Kier molecular flexibility index (Phi) is 2.87. The molecule has 0 spiro atoms. The zero-order chi connectivity index (χ0) is 9.84. The molecule has 4 heteroatoms. The molecule has 5 N–H and O–H groups in total. The van der Waals surface area contributed by atoms with E-state index in [-0.39, 0.29) is 11.3 Å². The van der Waals surface area contributed by atoms with Crippen molar-refractivity contribution in [1.29, 1.82) is 0 Å². The lowest BCUT2D eigenvalue weighted by molar-refractivity contribution is 0.0997. The van der Waals surface area contributed by atoms with Gasteiger partial charge in [-0.2, -0.15) is 0 Å². The zero-order valence-corrected chi connectivity index (χ0v) is 7.16. The summed E-state index contributed by atoms with van der Waals surface area (Å²) in [5.74, 6) is -0.718. The van der Waals surface area contributed by atoms with Crippen molar-refractivity contribution in [2.45, 2.75) is 6.42 Å². The second-order valence-corrected chi connectivity index (χ2v) is 2.75. The lowest BCUT2D eigenvalue weighted by Crippen LogP contribution is -2.12. The Morgan fingerprint density at radius 2 is 2.15 bits per heavy atom. The highest BCUT2D eigenvalue weighted by molar-refractivity contribution is 5.95. The van der Waals surface area contributed by atoms with Crippen molar-refractivity contribution in [3.63, 3.8) is 0 Å². The lowest BCUT2D eigenvalue weighted by Gasteiger charge is -2.03. The summed E-state index contributed by atoms with van der Waals surface area (Å²) in [5, 5.41) is 9.24. The number of primary amides is 1. The van der Waals surface area contributed by atoms with E-state index in [2.05, 4.69) is 0 Å². The third-order valence-corrected chi connectivity index (χ3v) is 1.76. The molecule has 0 atom stereocenters. The van der Waals surface area contributed by atoms with Gasteiger partial charge in [0.25, 0.3) is 5.91 Å². The van der Waals surface area contributed by atoms with Gasteiger partial charge in [0.15, 0.2) is 0 Å². The van der Waals surface area contributed by atoms with E-state index in [0.29, 0.717) is 13.0 Å². The van der Waals surface area contributed by atoms with Crippen molar-refractivity contribution in [2.75, 3.05) is 6.54 Å². The SMILES string of the molecule is NCCc1ccc(O)c(C(N)=O)c1. The fourth-order valence-electron chi connectivity index (χ4n) is 1.10. The van der Waals surface area contributed by atoms with Crippen LogP contribution in [0.15, 0.2) is 18.2 Å². The van der Waals surface area contributed by atoms with E-state index in [1.165, 1.54) is 6.07 Å². The number of carbonyl (C=O) groups is 1. The summed E-state index contributed by atoms with van der Waals surface area (Å²) in [6.07, 6.45) is 0.667. The molecular weight excluding hydrogens is 168 g/mol. The highest BCUT2D eigenvalue weighted by Crippen LogP contribution is 2.17. The van der Waals surface area contributed by atoms with Crippen LogP contribution in [0.3, 0.4) is 0 Å². The van der Waals surface area contributed by atoms with Crippen molar-refractivity contribution >= 4 is 5.91 Å². The topological polar surface area (TPSA) is 89.3 Å². The summed E-state index contributed by atoms with van der Waals surface area (Å²) in [4.78, 5) is 10.8. The highest BCUT2D eigenvalue weighted by atomic mass is 16.3. The number of hydrogen-bond donors (Lipinski definition) is 3. The third kappa shape index (κ3) is 2.19. The first-order chi connectivity index (χ1) is 6.15. The molecule has 0 aliphatic heterocycles. The van der Waals surface area contributed by atoms with Crippen LogP contribution < -0.4 is 11.5 Å². The minimum absolute atomic E-state index is 0.0896. The normalized spacial score (nSPS) is 9.92. The molecule has 4 nitrogen and oxygen atoms in total. The maximum absolute atomic E-state index is 10.8. The number of phenols is 1. The van der Waals surface area contributed by atoms with Gasteiger partial charge in [0, 0.05) is 0 Å². The lowest BCUT2D eigenvalue weighted by atomic mass is 10.1. The van der Waals surface area contributed by atoms with E-state index >= 15 is 0 Å². The van der Waals surface area contributed by atoms with Gasteiger partial charge in [-0.15, -0.1) is 0 Å². The average Bonchev–Trinajstić information content (AvgIpc) is 2.08. The van der Waals surface area contributed by atoms with Crippen LogP contribution in [0.5, 0.6) is 5.75 Å². The Bertz CT molecular complexity index is 323. The number of amides is 1. The van der Waals surface area contributed by atoms with Crippen LogP contribution in [0.4, 0.5) is 0 Å². The van der Waals surface area contributed by atoms with Crippen LogP contribution in [0.1, 0.15) is 15.9 Å². The van der Waals surface area contributed by atoms with Crippen molar-refractivity contribution in [3.05, 3.63) is 29.3 Å². The van der Waals surface area contributed by atoms with Crippen LogP contribution in [-0.4, -0.2) is 17.6 Å². The molecule has 0 fully saturated rings. The van der Waals surface area contributed by atoms with Gasteiger partial charge < -0.3 is 16.6 Å². The predicted octanol–water partition coefficient (Wildman–Crippen LogP) is -0.00770. The quantitative estimate of drug-likeness (QED) is 0.611. The molecule has 1 aromatic rings. The van der Waals surface area contributed by atoms with Gasteiger partial charge in [-0.3, -0.25) is 4.79 Å². The molecular formula is C9H12N2O2. The second kappa shape index (κ2) is 3.91. The number of benzene rings is 1. The molecule has 1 amide bonds. The molecule has 1 rings (SSSR count). The molecule has 70 valence electrons. The summed E-state index contributed by atoms with van der Waals surface area (Å²) in [7, 11) is 0. The third-order valence-electron chi connectivity index (χ3n) is 1.76. The summed E-state index contributed by atoms with van der Waals surface area (Å²) >= 11 is 0. The Morgan fingerprint density at radius 3 is 2.69 bits per heavy atom. The summed E-state index contributed by atoms with van der Waals surface area (Å²) in [5.41, 5.74) is 11.4. The predicted molar refractivity (Wildman–Crippen MR) is 49.4 cm³/mol. The fourth-order valence-corrected chi connectivity index (χ4v) is 1.10. The van der Waals surface area contributed by atoms with E-state index in [1.807, 2.05) is 0 Å². The van der Waals surface area contributed by atoms with Crippen molar-refractivity contribution in [1.82, 2.24) is 0 Å². The molecule has 0 heterocycles. The Hall–Kier alpha value is -1.55. The van der Waals surface area contributed by atoms with Gasteiger partial charge in [-0.25, -0.2) is 0 Å². The Labute approximate surface area is 76.2 Å². The molecule has 0 saturated carbocycles. The zero-order valence-electron chi connectivity index (χ0n) is 7.16. The number of carbonyl (C=O) groups excluding carboxylic acids is 1. The molecule has 1 aromatic carbocycles. The summed E-state index contributed by atoms with van der Waals surface area (Å²) < 4.78 is 0. The molecule has 0 unspecified atom stereocenters. The van der Waals surface area contributed by atoms with Crippen LogP contribution in [-0.2, 0) is 6.42 Å². The summed E-state index contributed by atoms with van der Waals surface area (Å²) in [6, 6.07) is 4.73. The number of rotatable bonds is 3. The number of aromatic hydroxyl groups is 1. The largest absolute Gasteiger partial charge is 0.507 e. The monoisotopic (exact) mass is 180 g/mol. The summed E-state index contributed by atoms with van der Waals surface area (Å²) in [6.45, 7) is 0.503. The minimum Gasteiger partial charge on any atom is -0.507 e. The van der Waals surface area contributed by atoms with Gasteiger partial charge in [0.2, 0.25) is 0 Å². The van der Waals surface area contributed by atoms with Crippen LogP contribution in [0.2, 0.25) is 0 Å². The van der Waals surface area contributed by atoms with Gasteiger partial charge in [-0.05, 0) is 30.7 Å². The van der Waals surface area contributed by atoms with Gasteiger partial charge in [-0.1, -0.05) is 6.07 Å². The smallest absolute Gasteiger partial charge is 0.252 e. The average molecular weight is 180 g/mol. The molecule has 0 radical (unpaired) electrons. The van der Waals surface area contributed by atoms with Crippen molar-refractivity contribution in [3.8, 4) is 5.75 Å². The van der Waals surface area contributed by atoms with E-state index in [4.69, 9.17) is 11.5 Å². The second-order valence-electron chi connectivity index (χ2n) is 2.75. The number of hydrogen-bond acceptors (Lipinski definition) is 3. The highest BCUT2D eigenvalue weighted by Gasteiger charge is 2.07. The van der Waals surface area contributed by atoms with Crippen LogP contribution in [0, 0.1) is 0 Å². The first-order valence-corrected chi connectivity index (χ1v) is 3.97. The molecule has 0 saturated heterocycles. The van der Waals surface area contributed by atoms with Gasteiger partial charge in [0.05, 0.1) is 5.56 Å². The van der Waals surface area contributed by atoms with Gasteiger partial charge in [0.1, 0.15) is 5.75 Å². The fraction of sp³-hybridized carbons (Fsp3) is 0.222. The molecule has 0 aromatic heterocycles. The van der Waals surface area contributed by atoms with Crippen molar-refractivity contribution < 1.29 is 9.90 Å². The standard InChI is InChI=1S/C9H12N2O2/c10-4-3-6-1-2-8(12)7(5-6)9(11)13/h1-2,5,12H,3-4,10H2,(H2,11,13). The molecule has 13 heavy (non-hydrogen) atoms. The molecule has 0 aliphatic rings. The Balaban J connectivity index is 3.04. The minimum atomic E-state index is -0.628. The first-order valence-electron chi connectivity index (χ1n) is 3.97. The maximum Gasteiger partial charge on any atom is 0.252 e. The van der Waals surface area contributed by atoms with E-state index in [1.54, 1.807) is 12.1 Å². The Morgan fingerprint density at radius 1 is 1.46 bits per heavy atom.